The molecule has 36 heavy (non-hydrogen) atoms. The topological polar surface area (TPSA) is 38.7 Å². The molecule has 3 saturated carbocycles. The van der Waals surface area contributed by atoms with E-state index < -0.39 is 22.6 Å². The average molecular weight is 535 g/mol. The van der Waals surface area contributed by atoms with Crippen LogP contribution in [0.15, 0.2) is 11.6 Å². The quantitative estimate of drug-likeness (QED) is 0.217. The van der Waals surface area contributed by atoms with Crippen molar-refractivity contribution >= 4 is 16.6 Å². The van der Waals surface area contributed by atoms with Crippen LogP contribution in [-0.4, -0.2) is 27.7 Å². The van der Waals surface area contributed by atoms with Crippen molar-refractivity contribution in [1.29, 1.82) is 0 Å². The Morgan fingerprint density at radius 1 is 0.806 bits per heavy atom. The molecule has 0 saturated heterocycles. The third-order valence-electron chi connectivity index (χ3n) is 12.4. The van der Waals surface area contributed by atoms with E-state index in [0.717, 1.165) is 18.8 Å². The van der Waals surface area contributed by atoms with Gasteiger partial charge in [0, 0.05) is 0 Å². The predicted molar refractivity (Wildman–Crippen MR) is 157 cm³/mol. The monoisotopic (exact) mass is 534 g/mol. The van der Waals surface area contributed by atoms with Crippen LogP contribution >= 0.6 is 0 Å². The van der Waals surface area contributed by atoms with Crippen LogP contribution in [0.2, 0.25) is 36.3 Å². The normalized spacial score (nSPS) is 36.1. The molecule has 0 unspecified atom stereocenters. The lowest BCUT2D eigenvalue weighted by Gasteiger charge is -2.62. The summed E-state index contributed by atoms with van der Waals surface area (Å²) in [5.74, 6) is 0.375. The highest BCUT2D eigenvalue weighted by molar-refractivity contribution is 6.75. The predicted octanol–water partition coefficient (Wildman–Crippen LogP) is 9.40. The van der Waals surface area contributed by atoms with Crippen LogP contribution in [0.4, 0.5) is 0 Å². The summed E-state index contributed by atoms with van der Waals surface area (Å²) in [6, 6.07) is 0. The maximum atomic E-state index is 13.0. The average Bonchev–Trinajstić information content (AvgIpc) is 3.17. The fourth-order valence-corrected chi connectivity index (χ4v) is 10.7. The maximum absolute atomic E-state index is 13.0. The lowest BCUT2D eigenvalue weighted by atomic mass is 9.47. The van der Waals surface area contributed by atoms with Gasteiger partial charge in [-0.2, -0.15) is 0 Å². The minimum Gasteiger partial charge on any atom is -0.369 e. The minimum atomic E-state index is -2.30. The summed E-state index contributed by atoms with van der Waals surface area (Å²) in [6.07, 6.45) is 14.9. The number of aliphatic hydroxyl groups is 1. The van der Waals surface area contributed by atoms with E-state index in [9.17, 15) is 5.11 Å². The standard InChI is InChI=1S/C31H58O3Si2/c1-27(2,3)35(8,9)33-31(32,34-36(10,11)28(4,5)6)30-21-14-16-26(30)24-18-17-23-15-12-13-20-29(23,7)25(24)19-22-30/h17,24-26,32H,12-16,18-22H2,1-11H3/t24-,25+,26+,29+,30-/m1/s1. The third kappa shape index (κ3) is 4.49. The van der Waals surface area contributed by atoms with Crippen molar-refractivity contribution in [3.63, 3.8) is 0 Å². The summed E-state index contributed by atoms with van der Waals surface area (Å²) < 4.78 is 14.3. The fourth-order valence-electron chi connectivity index (χ4n) is 8.12. The van der Waals surface area contributed by atoms with Gasteiger partial charge in [0.1, 0.15) is 0 Å². The first-order valence-corrected chi connectivity index (χ1v) is 20.9. The van der Waals surface area contributed by atoms with Crippen molar-refractivity contribution in [2.75, 3.05) is 0 Å². The molecule has 0 aliphatic heterocycles. The van der Waals surface area contributed by atoms with Crippen LogP contribution in [-0.2, 0) is 8.85 Å². The van der Waals surface area contributed by atoms with E-state index in [1.54, 1.807) is 5.57 Å². The van der Waals surface area contributed by atoms with Crippen LogP contribution in [0.5, 0.6) is 0 Å². The zero-order valence-corrected chi connectivity index (χ0v) is 27.6. The van der Waals surface area contributed by atoms with Crippen molar-refractivity contribution in [2.24, 2.45) is 28.6 Å². The molecule has 4 aliphatic rings. The van der Waals surface area contributed by atoms with Gasteiger partial charge in [-0.05, 0) is 111 Å². The van der Waals surface area contributed by atoms with Crippen molar-refractivity contribution in [2.45, 2.75) is 155 Å². The van der Waals surface area contributed by atoms with Gasteiger partial charge in [-0.3, -0.25) is 0 Å². The first kappa shape index (κ1) is 29.0. The number of rotatable bonds is 5. The largest absolute Gasteiger partial charge is 0.369 e. The second-order valence-corrected chi connectivity index (χ2v) is 25.8. The molecule has 4 rings (SSSR count). The van der Waals surface area contributed by atoms with Gasteiger partial charge in [0.2, 0.25) is 0 Å². The summed E-state index contributed by atoms with van der Waals surface area (Å²) in [5.41, 5.74) is 1.83. The molecule has 0 radical (unpaired) electrons. The highest BCUT2D eigenvalue weighted by Crippen LogP contribution is 2.69. The maximum Gasteiger partial charge on any atom is 0.267 e. The fraction of sp³-hybridized carbons (Fsp3) is 0.935. The number of hydrogen-bond acceptors (Lipinski definition) is 3. The zero-order chi connectivity index (χ0) is 27.0. The summed E-state index contributed by atoms with van der Waals surface area (Å²) in [5, 5.41) is 13.0. The van der Waals surface area contributed by atoms with Gasteiger partial charge in [0.15, 0.2) is 16.6 Å². The first-order valence-electron chi connectivity index (χ1n) is 15.1. The van der Waals surface area contributed by atoms with Crippen LogP contribution < -0.4 is 0 Å². The molecule has 0 heterocycles. The molecule has 5 heteroatoms. The Kier molecular flexibility index (Phi) is 7.29. The van der Waals surface area contributed by atoms with E-state index in [1.165, 1.54) is 51.4 Å². The third-order valence-corrected chi connectivity index (χ3v) is 21.2. The molecule has 0 aromatic heterocycles. The molecule has 0 aromatic rings. The van der Waals surface area contributed by atoms with Gasteiger partial charge in [0.05, 0.1) is 5.41 Å². The van der Waals surface area contributed by atoms with Gasteiger partial charge >= 0.3 is 0 Å². The highest BCUT2D eigenvalue weighted by Gasteiger charge is 2.68. The van der Waals surface area contributed by atoms with Crippen LogP contribution in [0.25, 0.3) is 0 Å². The Balaban J connectivity index is 1.78. The molecule has 4 aliphatic carbocycles. The summed E-state index contributed by atoms with van der Waals surface area (Å²) in [7, 11) is -4.60. The van der Waals surface area contributed by atoms with Gasteiger partial charge in [0.25, 0.3) is 5.97 Å². The molecule has 3 nitrogen and oxygen atoms in total. The van der Waals surface area contributed by atoms with Gasteiger partial charge < -0.3 is 14.0 Å². The molecular weight excluding hydrogens is 477 g/mol. The lowest BCUT2D eigenvalue weighted by molar-refractivity contribution is -0.372. The molecule has 0 aromatic carbocycles. The molecule has 0 amide bonds. The van der Waals surface area contributed by atoms with Gasteiger partial charge in [-0.25, -0.2) is 0 Å². The molecule has 0 spiro atoms. The van der Waals surface area contributed by atoms with Crippen molar-refractivity contribution < 1.29 is 14.0 Å². The van der Waals surface area contributed by atoms with E-state index in [4.69, 9.17) is 8.85 Å². The molecule has 5 atom stereocenters. The second kappa shape index (κ2) is 9.04. The molecule has 1 N–H and O–H groups in total. The van der Waals surface area contributed by atoms with Crippen LogP contribution in [0.3, 0.4) is 0 Å². The van der Waals surface area contributed by atoms with E-state index in [-0.39, 0.29) is 15.5 Å². The van der Waals surface area contributed by atoms with E-state index in [0.29, 0.717) is 17.3 Å². The Labute approximate surface area is 225 Å². The van der Waals surface area contributed by atoms with E-state index in [1.807, 2.05) is 0 Å². The second-order valence-electron chi connectivity index (χ2n) is 16.4. The van der Waals surface area contributed by atoms with Crippen LogP contribution in [0.1, 0.15) is 113 Å². The Hall–Kier alpha value is 0.0538. The van der Waals surface area contributed by atoms with Gasteiger partial charge in [-0.15, -0.1) is 0 Å². The van der Waals surface area contributed by atoms with E-state index in [2.05, 4.69) is 80.7 Å². The van der Waals surface area contributed by atoms with Crippen molar-refractivity contribution in [1.82, 2.24) is 0 Å². The smallest absolute Gasteiger partial charge is 0.267 e. The summed E-state index contributed by atoms with van der Waals surface area (Å²) >= 11 is 0. The van der Waals surface area contributed by atoms with Crippen molar-refractivity contribution in [3.8, 4) is 0 Å². The number of hydrogen-bond donors (Lipinski definition) is 1. The Morgan fingerprint density at radius 2 is 1.39 bits per heavy atom. The zero-order valence-electron chi connectivity index (χ0n) is 25.6. The molecular formula is C31H58O3Si2. The van der Waals surface area contributed by atoms with Gasteiger partial charge in [-0.1, -0.05) is 73.0 Å². The lowest BCUT2D eigenvalue weighted by Crippen LogP contribution is -2.67. The Morgan fingerprint density at radius 3 is 1.94 bits per heavy atom. The number of allylic oxidation sites excluding steroid dienone is 2. The molecule has 0 bridgehead atoms. The summed E-state index contributed by atoms with van der Waals surface area (Å²) in [4.78, 5) is 0. The summed E-state index contributed by atoms with van der Waals surface area (Å²) in [6.45, 7) is 25.4. The van der Waals surface area contributed by atoms with Crippen molar-refractivity contribution in [3.05, 3.63) is 11.6 Å². The number of fused-ring (bicyclic) bond motifs is 5. The Bertz CT molecular complexity index is 836. The molecule has 208 valence electrons. The first-order chi connectivity index (χ1) is 16.3. The molecule has 3 fully saturated rings. The SMILES string of the molecule is CC(C)(C)[Si](C)(C)OC(O)(O[Si](C)(C)C(C)(C)C)[C@@]12CCC[C@H]1[C@@H]1CC=C3CCCC[C@]3(C)[C@H]1CC2. The van der Waals surface area contributed by atoms with Crippen LogP contribution in [0, 0.1) is 28.6 Å². The minimum absolute atomic E-state index is 0.0117. The highest BCUT2D eigenvalue weighted by atomic mass is 28.4. The van der Waals surface area contributed by atoms with E-state index >= 15 is 0 Å².